The van der Waals surface area contributed by atoms with Gasteiger partial charge in [0.25, 0.3) is 0 Å². The van der Waals surface area contributed by atoms with Crippen LogP contribution in [0, 0.1) is 0 Å². The molecule has 0 aliphatic heterocycles. The molecule has 0 aliphatic rings. The molecule has 0 aliphatic carbocycles. The Labute approximate surface area is 201 Å². The van der Waals surface area contributed by atoms with Crippen molar-refractivity contribution in [2.24, 2.45) is 0 Å². The van der Waals surface area contributed by atoms with Crippen LogP contribution in [-0.2, 0) is 0 Å². The molecule has 0 saturated heterocycles. The van der Waals surface area contributed by atoms with Crippen LogP contribution in [0.2, 0.25) is 0 Å². The topological polar surface area (TPSA) is 52.6 Å². The molecule has 4 heteroatoms. The smallest absolute Gasteiger partial charge is 0.343 e. The second-order valence-electron chi connectivity index (χ2n) is 6.56. The molecule has 4 nitrogen and oxygen atoms in total. The van der Waals surface area contributed by atoms with E-state index in [1.165, 1.54) is 0 Å². The van der Waals surface area contributed by atoms with Crippen molar-refractivity contribution in [3.8, 4) is 22.6 Å². The molecule has 0 heterocycles. The van der Waals surface area contributed by atoms with Gasteiger partial charge in [-0.3, -0.25) is 0 Å². The van der Waals surface area contributed by atoms with Gasteiger partial charge in [0.05, 0.1) is 11.1 Å². The Hall–Kier alpha value is -4.18. The summed E-state index contributed by atoms with van der Waals surface area (Å²) < 4.78 is 10.7. The highest BCUT2D eigenvalue weighted by Gasteiger charge is 2.11. The maximum Gasteiger partial charge on any atom is 0.343 e. The van der Waals surface area contributed by atoms with E-state index >= 15 is 0 Å². The molecule has 0 spiro atoms. The molecule has 4 aromatic rings. The molecule has 0 aromatic heterocycles. The van der Waals surface area contributed by atoms with E-state index in [0.29, 0.717) is 22.6 Å². The van der Waals surface area contributed by atoms with E-state index in [9.17, 15) is 9.59 Å². The Bertz CT molecular complexity index is 1040. The van der Waals surface area contributed by atoms with Crippen LogP contribution in [0.25, 0.3) is 11.1 Å². The lowest BCUT2D eigenvalue weighted by Crippen LogP contribution is -2.08. The van der Waals surface area contributed by atoms with Crippen molar-refractivity contribution < 1.29 is 19.1 Å². The Morgan fingerprint density at radius 1 is 0.441 bits per heavy atom. The van der Waals surface area contributed by atoms with Crippen LogP contribution in [0.15, 0.2) is 109 Å². The average molecular weight is 455 g/mol. The summed E-state index contributed by atoms with van der Waals surface area (Å²) in [6.45, 7) is 8.00. The molecule has 4 aromatic carbocycles. The molecular formula is C30H30O4. The van der Waals surface area contributed by atoms with Crippen molar-refractivity contribution in [1.29, 1.82) is 0 Å². The third-order valence-electron chi connectivity index (χ3n) is 4.48. The fourth-order valence-electron chi connectivity index (χ4n) is 2.91. The van der Waals surface area contributed by atoms with E-state index in [4.69, 9.17) is 9.47 Å². The van der Waals surface area contributed by atoms with Crippen molar-refractivity contribution in [2.75, 3.05) is 0 Å². The summed E-state index contributed by atoms with van der Waals surface area (Å²) in [5.41, 5.74) is 2.78. The summed E-state index contributed by atoms with van der Waals surface area (Å²) in [5, 5.41) is 0. The van der Waals surface area contributed by atoms with E-state index in [2.05, 4.69) is 0 Å². The number of para-hydroxylation sites is 2. The van der Waals surface area contributed by atoms with Crippen LogP contribution in [0.3, 0.4) is 0 Å². The standard InChI is InChI=1S/C26H18O4.2C2H6/c27-25(29-23-7-3-1-4-8-23)21-15-11-19(12-16-21)20-13-17-22(18-14-20)26(28)30-24-9-5-2-6-10-24;2*1-2/h1-18H;2*1-2H3. The molecule has 0 fully saturated rings. The fraction of sp³-hybridized carbons (Fsp3) is 0.133. The Balaban J connectivity index is 0.000000970. The van der Waals surface area contributed by atoms with Gasteiger partial charge in [0.2, 0.25) is 0 Å². The molecule has 0 amide bonds. The summed E-state index contributed by atoms with van der Waals surface area (Å²) in [6, 6.07) is 32.2. The van der Waals surface area contributed by atoms with Crippen molar-refractivity contribution in [3.05, 3.63) is 120 Å². The second-order valence-corrected chi connectivity index (χ2v) is 6.56. The van der Waals surface area contributed by atoms with Gasteiger partial charge in [-0.15, -0.1) is 0 Å². The summed E-state index contributed by atoms with van der Waals surface area (Å²) in [4.78, 5) is 24.5. The van der Waals surface area contributed by atoms with Crippen LogP contribution in [0.4, 0.5) is 0 Å². The zero-order valence-corrected chi connectivity index (χ0v) is 20.0. The number of esters is 2. The van der Waals surface area contributed by atoms with Gasteiger partial charge in [-0.2, -0.15) is 0 Å². The van der Waals surface area contributed by atoms with E-state index < -0.39 is 11.9 Å². The minimum atomic E-state index is -0.410. The first-order chi connectivity index (χ1) is 16.7. The first-order valence-corrected chi connectivity index (χ1v) is 11.4. The predicted octanol–water partition coefficient (Wildman–Crippen LogP) is 7.84. The Morgan fingerprint density at radius 2 is 0.735 bits per heavy atom. The lowest BCUT2D eigenvalue weighted by molar-refractivity contribution is 0.0725. The monoisotopic (exact) mass is 454 g/mol. The maximum absolute atomic E-state index is 12.3. The Kier molecular flexibility index (Phi) is 10.8. The highest BCUT2D eigenvalue weighted by molar-refractivity contribution is 5.92. The van der Waals surface area contributed by atoms with Gasteiger partial charge in [-0.25, -0.2) is 9.59 Å². The van der Waals surface area contributed by atoms with Crippen LogP contribution < -0.4 is 9.47 Å². The van der Waals surface area contributed by atoms with E-state index in [-0.39, 0.29) is 0 Å². The SMILES string of the molecule is CC.CC.O=C(Oc1ccccc1)c1ccc(-c2ccc(C(=O)Oc3ccccc3)cc2)cc1. The van der Waals surface area contributed by atoms with Crippen LogP contribution >= 0.6 is 0 Å². The van der Waals surface area contributed by atoms with Gasteiger partial charge in [0, 0.05) is 0 Å². The summed E-state index contributed by atoms with van der Waals surface area (Å²) in [5.74, 6) is 0.188. The third kappa shape index (κ3) is 7.45. The van der Waals surface area contributed by atoms with Gasteiger partial charge in [0.1, 0.15) is 11.5 Å². The van der Waals surface area contributed by atoms with E-state index in [1.807, 2.05) is 88.4 Å². The second kappa shape index (κ2) is 14.1. The van der Waals surface area contributed by atoms with Gasteiger partial charge in [-0.05, 0) is 59.7 Å². The number of benzene rings is 4. The van der Waals surface area contributed by atoms with Crippen LogP contribution in [0.5, 0.6) is 11.5 Å². The molecule has 0 radical (unpaired) electrons. The number of rotatable bonds is 5. The van der Waals surface area contributed by atoms with Crippen LogP contribution in [0.1, 0.15) is 48.4 Å². The molecule has 0 saturated carbocycles. The zero-order chi connectivity index (χ0) is 24.8. The minimum absolute atomic E-state index is 0.410. The minimum Gasteiger partial charge on any atom is -0.423 e. The molecular weight excluding hydrogens is 424 g/mol. The van der Waals surface area contributed by atoms with Crippen molar-refractivity contribution >= 4 is 11.9 Å². The zero-order valence-electron chi connectivity index (χ0n) is 20.0. The number of hydrogen-bond donors (Lipinski definition) is 0. The van der Waals surface area contributed by atoms with Gasteiger partial charge < -0.3 is 9.47 Å². The molecule has 34 heavy (non-hydrogen) atoms. The number of carbonyl (C=O) groups is 2. The maximum atomic E-state index is 12.3. The first-order valence-electron chi connectivity index (χ1n) is 11.4. The molecule has 4 rings (SSSR count). The quantitative estimate of drug-likeness (QED) is 0.228. The van der Waals surface area contributed by atoms with Crippen molar-refractivity contribution in [1.82, 2.24) is 0 Å². The molecule has 0 unspecified atom stereocenters. The van der Waals surface area contributed by atoms with Crippen molar-refractivity contribution in [2.45, 2.75) is 27.7 Å². The number of carbonyl (C=O) groups excluding carboxylic acids is 2. The Morgan fingerprint density at radius 3 is 1.03 bits per heavy atom. The molecule has 0 N–H and O–H groups in total. The summed E-state index contributed by atoms with van der Waals surface area (Å²) in [6.07, 6.45) is 0. The van der Waals surface area contributed by atoms with E-state index in [1.54, 1.807) is 48.5 Å². The molecule has 174 valence electrons. The average Bonchev–Trinajstić information content (AvgIpc) is 2.92. The highest BCUT2D eigenvalue weighted by Crippen LogP contribution is 2.22. The molecule has 0 atom stereocenters. The lowest BCUT2D eigenvalue weighted by atomic mass is 10.0. The number of ether oxygens (including phenoxy) is 2. The largest absolute Gasteiger partial charge is 0.423 e. The third-order valence-corrected chi connectivity index (χ3v) is 4.48. The normalized spacial score (nSPS) is 9.41. The van der Waals surface area contributed by atoms with Gasteiger partial charge >= 0.3 is 11.9 Å². The predicted molar refractivity (Wildman–Crippen MR) is 137 cm³/mol. The number of hydrogen-bond acceptors (Lipinski definition) is 4. The summed E-state index contributed by atoms with van der Waals surface area (Å²) in [7, 11) is 0. The highest BCUT2D eigenvalue weighted by atomic mass is 16.5. The lowest BCUT2D eigenvalue weighted by Gasteiger charge is -2.07. The van der Waals surface area contributed by atoms with Gasteiger partial charge in [-0.1, -0.05) is 88.4 Å². The van der Waals surface area contributed by atoms with Crippen molar-refractivity contribution in [3.63, 3.8) is 0 Å². The van der Waals surface area contributed by atoms with E-state index in [0.717, 1.165) is 11.1 Å². The van der Waals surface area contributed by atoms with Gasteiger partial charge in [0.15, 0.2) is 0 Å². The molecule has 0 bridgehead atoms. The summed E-state index contributed by atoms with van der Waals surface area (Å²) >= 11 is 0. The van der Waals surface area contributed by atoms with Crippen LogP contribution in [-0.4, -0.2) is 11.9 Å². The first kappa shape index (κ1) is 26.1. The fourth-order valence-corrected chi connectivity index (χ4v) is 2.91.